The number of hydrogen-bond donors (Lipinski definition) is 2. The summed E-state index contributed by atoms with van der Waals surface area (Å²) in [5, 5.41) is 3.50. The molecule has 0 radical (unpaired) electrons. The maximum absolute atomic E-state index is 12.1. The smallest absolute Gasteiger partial charge is 0.257 e. The molecule has 0 heterocycles. The van der Waals surface area contributed by atoms with Crippen molar-refractivity contribution in [1.82, 2.24) is 0 Å². The van der Waals surface area contributed by atoms with Crippen LogP contribution in [-0.2, 0) is 0 Å². The number of anilines is 1. The second-order valence-electron chi connectivity index (χ2n) is 3.97. The molecule has 0 atom stereocenters. The molecule has 0 unspecified atom stereocenters. The van der Waals surface area contributed by atoms with E-state index in [1.165, 1.54) is 7.11 Å². The van der Waals surface area contributed by atoms with E-state index < -0.39 is 0 Å². The molecule has 2 rings (SSSR count). The molecular formula is C14H11Cl2NO2S. The Kier molecular flexibility index (Phi) is 4.81. The van der Waals surface area contributed by atoms with Gasteiger partial charge in [-0.25, -0.2) is 0 Å². The molecule has 0 spiro atoms. The maximum Gasteiger partial charge on any atom is 0.257 e. The third kappa shape index (κ3) is 3.39. The van der Waals surface area contributed by atoms with Crippen molar-refractivity contribution < 1.29 is 9.53 Å². The Balaban J connectivity index is 2.23. The van der Waals surface area contributed by atoms with Gasteiger partial charge in [0, 0.05) is 10.6 Å². The number of thiol groups is 1. The predicted molar refractivity (Wildman–Crippen MR) is 84.7 cm³/mol. The average molecular weight is 328 g/mol. The summed E-state index contributed by atoms with van der Waals surface area (Å²) in [6, 6.07) is 9.92. The zero-order chi connectivity index (χ0) is 14.7. The van der Waals surface area contributed by atoms with Gasteiger partial charge in [0.05, 0.1) is 22.7 Å². The molecule has 20 heavy (non-hydrogen) atoms. The molecular weight excluding hydrogens is 317 g/mol. The first-order valence-corrected chi connectivity index (χ1v) is 6.85. The highest BCUT2D eigenvalue weighted by Gasteiger charge is 2.12. The zero-order valence-electron chi connectivity index (χ0n) is 10.5. The monoisotopic (exact) mass is 327 g/mol. The van der Waals surface area contributed by atoms with E-state index in [2.05, 4.69) is 17.9 Å². The van der Waals surface area contributed by atoms with Gasteiger partial charge in [0.1, 0.15) is 5.75 Å². The van der Waals surface area contributed by atoms with E-state index in [-0.39, 0.29) is 5.91 Å². The molecule has 0 aliphatic heterocycles. The number of hydrogen-bond acceptors (Lipinski definition) is 3. The number of carbonyl (C=O) groups excluding carboxylic acids is 1. The molecule has 0 bridgehead atoms. The van der Waals surface area contributed by atoms with E-state index >= 15 is 0 Å². The van der Waals surface area contributed by atoms with Crippen LogP contribution in [0, 0.1) is 0 Å². The number of amides is 1. The number of methoxy groups -OCH3 is 1. The third-order valence-corrected chi connectivity index (χ3v) is 3.51. The van der Waals surface area contributed by atoms with Gasteiger partial charge in [-0.3, -0.25) is 4.79 Å². The SMILES string of the molecule is COc1ccc(NC(=O)c2cc(S)ccc2Cl)cc1Cl. The molecule has 1 N–H and O–H groups in total. The molecule has 1 amide bonds. The van der Waals surface area contributed by atoms with Crippen molar-refractivity contribution in [1.29, 1.82) is 0 Å². The molecule has 0 aromatic heterocycles. The molecule has 2 aromatic carbocycles. The minimum Gasteiger partial charge on any atom is -0.495 e. The lowest BCUT2D eigenvalue weighted by atomic mass is 10.2. The van der Waals surface area contributed by atoms with Gasteiger partial charge in [0.2, 0.25) is 0 Å². The van der Waals surface area contributed by atoms with Gasteiger partial charge in [-0.05, 0) is 36.4 Å². The second kappa shape index (κ2) is 6.39. The van der Waals surface area contributed by atoms with Crippen LogP contribution >= 0.6 is 35.8 Å². The van der Waals surface area contributed by atoms with Crippen molar-refractivity contribution in [2.75, 3.05) is 12.4 Å². The highest BCUT2D eigenvalue weighted by Crippen LogP contribution is 2.28. The summed E-state index contributed by atoms with van der Waals surface area (Å²) >= 11 is 16.2. The molecule has 0 saturated heterocycles. The normalized spacial score (nSPS) is 10.2. The summed E-state index contributed by atoms with van der Waals surface area (Å²) in [6.45, 7) is 0. The summed E-state index contributed by atoms with van der Waals surface area (Å²) in [5.74, 6) is 0.215. The van der Waals surface area contributed by atoms with E-state index in [1.54, 1.807) is 36.4 Å². The number of halogens is 2. The Hall–Kier alpha value is -1.36. The Labute approximate surface area is 132 Å². The van der Waals surface area contributed by atoms with Crippen LogP contribution in [0.4, 0.5) is 5.69 Å². The fourth-order valence-corrected chi connectivity index (χ4v) is 2.29. The van der Waals surface area contributed by atoms with Gasteiger partial charge >= 0.3 is 0 Å². The molecule has 2 aromatic rings. The van der Waals surface area contributed by atoms with Crippen LogP contribution in [0.15, 0.2) is 41.3 Å². The summed E-state index contributed by atoms with van der Waals surface area (Å²) < 4.78 is 5.05. The minimum absolute atomic E-state index is 0.327. The molecule has 104 valence electrons. The van der Waals surface area contributed by atoms with Gasteiger partial charge in [-0.1, -0.05) is 23.2 Å². The average Bonchev–Trinajstić information content (AvgIpc) is 2.41. The summed E-state index contributed by atoms with van der Waals surface area (Å²) in [7, 11) is 1.53. The number of carbonyl (C=O) groups is 1. The van der Waals surface area contributed by atoms with Crippen LogP contribution in [0.2, 0.25) is 10.0 Å². The van der Waals surface area contributed by atoms with Gasteiger partial charge in [0.25, 0.3) is 5.91 Å². The Morgan fingerprint density at radius 3 is 2.55 bits per heavy atom. The van der Waals surface area contributed by atoms with Crippen molar-refractivity contribution >= 4 is 47.4 Å². The van der Waals surface area contributed by atoms with Gasteiger partial charge < -0.3 is 10.1 Å². The highest BCUT2D eigenvalue weighted by molar-refractivity contribution is 7.80. The number of ether oxygens (including phenoxy) is 1. The van der Waals surface area contributed by atoms with Crippen LogP contribution in [0.1, 0.15) is 10.4 Å². The summed E-state index contributed by atoms with van der Waals surface area (Å²) in [5.41, 5.74) is 0.910. The quantitative estimate of drug-likeness (QED) is 0.812. The molecule has 3 nitrogen and oxygen atoms in total. The first-order valence-electron chi connectivity index (χ1n) is 5.64. The molecule has 0 aliphatic rings. The van der Waals surface area contributed by atoms with E-state index in [0.29, 0.717) is 31.9 Å². The second-order valence-corrected chi connectivity index (χ2v) is 5.30. The zero-order valence-corrected chi connectivity index (χ0v) is 12.9. The third-order valence-electron chi connectivity index (χ3n) is 2.60. The Bertz CT molecular complexity index is 662. The summed E-state index contributed by atoms with van der Waals surface area (Å²) in [4.78, 5) is 12.8. The van der Waals surface area contributed by atoms with Crippen LogP contribution < -0.4 is 10.1 Å². The molecule has 0 saturated carbocycles. The van der Waals surface area contributed by atoms with Crippen LogP contribution in [0.5, 0.6) is 5.75 Å². The predicted octanol–water partition coefficient (Wildman–Crippen LogP) is 4.54. The fourth-order valence-electron chi connectivity index (χ4n) is 1.63. The highest BCUT2D eigenvalue weighted by atomic mass is 35.5. The Morgan fingerprint density at radius 2 is 1.90 bits per heavy atom. The van der Waals surface area contributed by atoms with Gasteiger partial charge in [-0.15, -0.1) is 12.6 Å². The lowest BCUT2D eigenvalue weighted by Gasteiger charge is -2.09. The molecule has 6 heteroatoms. The maximum atomic E-state index is 12.1. The largest absolute Gasteiger partial charge is 0.495 e. The number of rotatable bonds is 3. The van der Waals surface area contributed by atoms with E-state index in [4.69, 9.17) is 27.9 Å². The van der Waals surface area contributed by atoms with Gasteiger partial charge in [-0.2, -0.15) is 0 Å². The fraction of sp³-hybridized carbons (Fsp3) is 0.0714. The van der Waals surface area contributed by atoms with Gasteiger partial charge in [0.15, 0.2) is 0 Å². The van der Waals surface area contributed by atoms with Crippen LogP contribution in [0.3, 0.4) is 0 Å². The van der Waals surface area contributed by atoms with Crippen molar-refractivity contribution in [2.24, 2.45) is 0 Å². The molecule has 0 fully saturated rings. The minimum atomic E-state index is -0.327. The van der Waals surface area contributed by atoms with E-state index in [9.17, 15) is 4.79 Å². The lowest BCUT2D eigenvalue weighted by molar-refractivity contribution is 0.102. The first-order chi connectivity index (χ1) is 9.51. The van der Waals surface area contributed by atoms with Crippen molar-refractivity contribution in [3.63, 3.8) is 0 Å². The van der Waals surface area contributed by atoms with E-state index in [0.717, 1.165) is 0 Å². The summed E-state index contributed by atoms with van der Waals surface area (Å²) in [6.07, 6.45) is 0. The van der Waals surface area contributed by atoms with E-state index in [1.807, 2.05) is 0 Å². The van der Waals surface area contributed by atoms with Crippen molar-refractivity contribution in [3.05, 3.63) is 52.0 Å². The lowest BCUT2D eigenvalue weighted by Crippen LogP contribution is -2.12. The Morgan fingerprint density at radius 1 is 1.15 bits per heavy atom. The topological polar surface area (TPSA) is 38.3 Å². The number of benzene rings is 2. The molecule has 0 aliphatic carbocycles. The standard InChI is InChI=1S/C14H11Cl2NO2S/c1-19-13-5-2-8(6-12(13)16)17-14(18)10-7-9(20)3-4-11(10)15/h2-7,20H,1H3,(H,17,18). The van der Waals surface area contributed by atoms with Crippen LogP contribution in [0.25, 0.3) is 0 Å². The number of nitrogens with one attached hydrogen (secondary N) is 1. The first kappa shape index (κ1) is 15.0. The van der Waals surface area contributed by atoms with Crippen molar-refractivity contribution in [2.45, 2.75) is 4.90 Å². The van der Waals surface area contributed by atoms with Crippen LogP contribution in [-0.4, -0.2) is 13.0 Å². The van der Waals surface area contributed by atoms with Crippen molar-refractivity contribution in [3.8, 4) is 5.75 Å².